The van der Waals surface area contributed by atoms with Crippen molar-refractivity contribution >= 4 is 39.7 Å². The molecule has 0 saturated carbocycles. The van der Waals surface area contributed by atoms with Crippen molar-refractivity contribution < 1.29 is 13.9 Å². The Labute approximate surface area is 175 Å². The molecule has 0 aliphatic rings. The fourth-order valence-corrected chi connectivity index (χ4v) is 2.85. The Morgan fingerprint density at radius 2 is 1.89 bits per heavy atom. The quantitative estimate of drug-likeness (QED) is 0.385. The molecule has 0 fully saturated rings. The van der Waals surface area contributed by atoms with E-state index in [4.69, 9.17) is 16.3 Å². The molecule has 28 heavy (non-hydrogen) atoms. The summed E-state index contributed by atoms with van der Waals surface area (Å²) in [6.07, 6.45) is 1.47. The first-order chi connectivity index (χ1) is 13.5. The molecular formula is C21H15BrClFN2O2. The van der Waals surface area contributed by atoms with E-state index in [9.17, 15) is 9.18 Å². The third-order valence-corrected chi connectivity index (χ3v) is 4.53. The number of amides is 1. The van der Waals surface area contributed by atoms with Crippen LogP contribution in [0.15, 0.2) is 76.3 Å². The minimum atomic E-state index is -0.364. The van der Waals surface area contributed by atoms with Crippen molar-refractivity contribution in [3.63, 3.8) is 0 Å². The number of benzene rings is 3. The summed E-state index contributed by atoms with van der Waals surface area (Å²) in [5.74, 6) is -0.183. The Bertz CT molecular complexity index is 1010. The maximum atomic E-state index is 13.8. The van der Waals surface area contributed by atoms with Crippen LogP contribution in [0.3, 0.4) is 0 Å². The van der Waals surface area contributed by atoms with Crippen molar-refractivity contribution in [3.8, 4) is 5.75 Å². The monoisotopic (exact) mass is 460 g/mol. The standard InChI is InChI=1S/C21H15BrClFN2O2/c22-17-7-10-20(28-13-15-3-1-2-4-19(15)24)16(11-17)12-25-26-21(27)14-5-8-18(23)9-6-14/h1-12H,13H2,(H,26,27)/b25-12-. The molecule has 0 spiro atoms. The van der Waals surface area contributed by atoms with Gasteiger partial charge in [-0.3, -0.25) is 4.79 Å². The van der Waals surface area contributed by atoms with Gasteiger partial charge in [-0.2, -0.15) is 5.10 Å². The van der Waals surface area contributed by atoms with E-state index < -0.39 is 0 Å². The first-order valence-corrected chi connectivity index (χ1v) is 9.45. The van der Waals surface area contributed by atoms with Crippen LogP contribution in [-0.4, -0.2) is 12.1 Å². The van der Waals surface area contributed by atoms with Gasteiger partial charge in [-0.15, -0.1) is 0 Å². The van der Waals surface area contributed by atoms with Crippen LogP contribution in [0.25, 0.3) is 0 Å². The van der Waals surface area contributed by atoms with Crippen molar-refractivity contribution in [2.45, 2.75) is 6.61 Å². The van der Waals surface area contributed by atoms with E-state index in [2.05, 4.69) is 26.5 Å². The highest BCUT2D eigenvalue weighted by atomic mass is 79.9. The maximum Gasteiger partial charge on any atom is 0.271 e. The van der Waals surface area contributed by atoms with Crippen LogP contribution in [-0.2, 0) is 6.61 Å². The third-order valence-electron chi connectivity index (χ3n) is 3.79. The highest BCUT2D eigenvalue weighted by Crippen LogP contribution is 2.23. The lowest BCUT2D eigenvalue weighted by Gasteiger charge is -2.10. The number of ether oxygens (including phenoxy) is 1. The van der Waals surface area contributed by atoms with Gasteiger partial charge in [0, 0.05) is 26.2 Å². The number of hydrazone groups is 1. The van der Waals surface area contributed by atoms with Gasteiger partial charge < -0.3 is 4.74 Å². The minimum absolute atomic E-state index is 0.0757. The van der Waals surface area contributed by atoms with Gasteiger partial charge in [-0.25, -0.2) is 9.82 Å². The van der Waals surface area contributed by atoms with Crippen LogP contribution in [0, 0.1) is 5.82 Å². The number of carbonyl (C=O) groups excluding carboxylic acids is 1. The zero-order valence-corrected chi connectivity index (χ0v) is 16.9. The second kappa shape index (κ2) is 9.48. The summed E-state index contributed by atoms with van der Waals surface area (Å²) in [6.45, 7) is 0.0757. The normalized spacial score (nSPS) is 10.8. The third kappa shape index (κ3) is 5.41. The van der Waals surface area contributed by atoms with E-state index in [1.165, 1.54) is 12.3 Å². The van der Waals surface area contributed by atoms with Gasteiger partial charge in [-0.05, 0) is 48.5 Å². The summed E-state index contributed by atoms with van der Waals surface area (Å²) in [6, 6.07) is 18.2. The fraction of sp³-hybridized carbons (Fsp3) is 0.0476. The lowest BCUT2D eigenvalue weighted by Crippen LogP contribution is -2.17. The summed E-state index contributed by atoms with van der Waals surface area (Å²) < 4.78 is 20.3. The lowest BCUT2D eigenvalue weighted by molar-refractivity contribution is 0.0955. The lowest BCUT2D eigenvalue weighted by atomic mass is 10.2. The van der Waals surface area contributed by atoms with Crippen LogP contribution in [0.1, 0.15) is 21.5 Å². The fourth-order valence-electron chi connectivity index (χ4n) is 2.35. The van der Waals surface area contributed by atoms with Gasteiger partial charge in [0.15, 0.2) is 0 Å². The molecule has 4 nitrogen and oxygen atoms in total. The van der Waals surface area contributed by atoms with E-state index in [1.807, 2.05) is 0 Å². The molecule has 0 aliphatic heterocycles. The molecule has 0 heterocycles. The number of rotatable bonds is 6. The number of hydrogen-bond donors (Lipinski definition) is 1. The van der Waals surface area contributed by atoms with E-state index in [-0.39, 0.29) is 18.3 Å². The molecule has 3 rings (SSSR count). The van der Waals surface area contributed by atoms with Crippen LogP contribution < -0.4 is 10.2 Å². The van der Waals surface area contributed by atoms with E-state index >= 15 is 0 Å². The molecule has 3 aromatic carbocycles. The van der Waals surface area contributed by atoms with Gasteiger partial charge in [0.1, 0.15) is 18.2 Å². The molecule has 0 aromatic heterocycles. The molecule has 1 N–H and O–H groups in total. The second-order valence-corrected chi connectivity index (χ2v) is 7.12. The highest BCUT2D eigenvalue weighted by Gasteiger charge is 2.07. The minimum Gasteiger partial charge on any atom is -0.488 e. The van der Waals surface area contributed by atoms with Gasteiger partial charge in [0.2, 0.25) is 0 Å². The Morgan fingerprint density at radius 1 is 1.14 bits per heavy atom. The van der Waals surface area contributed by atoms with Crippen molar-refractivity contribution in [1.29, 1.82) is 0 Å². The van der Waals surface area contributed by atoms with Gasteiger partial charge in [0.25, 0.3) is 5.91 Å². The predicted molar refractivity (Wildman–Crippen MR) is 111 cm³/mol. The van der Waals surface area contributed by atoms with Crippen LogP contribution >= 0.6 is 27.5 Å². The molecule has 142 valence electrons. The number of hydrogen-bond acceptors (Lipinski definition) is 3. The van der Waals surface area contributed by atoms with Crippen molar-refractivity contribution in [2.24, 2.45) is 5.10 Å². The number of nitrogens with one attached hydrogen (secondary N) is 1. The molecule has 1 amide bonds. The summed E-state index contributed by atoms with van der Waals surface area (Å²) in [7, 11) is 0. The van der Waals surface area contributed by atoms with E-state index in [1.54, 1.807) is 60.7 Å². The zero-order chi connectivity index (χ0) is 19.9. The average Bonchev–Trinajstić information content (AvgIpc) is 2.69. The Hall–Kier alpha value is -2.70. The highest BCUT2D eigenvalue weighted by molar-refractivity contribution is 9.10. The second-order valence-electron chi connectivity index (χ2n) is 5.77. The molecule has 0 atom stereocenters. The average molecular weight is 462 g/mol. The smallest absolute Gasteiger partial charge is 0.271 e. The first kappa shape index (κ1) is 20.0. The maximum absolute atomic E-state index is 13.8. The summed E-state index contributed by atoms with van der Waals surface area (Å²) in [4.78, 5) is 12.1. The zero-order valence-electron chi connectivity index (χ0n) is 14.5. The molecule has 3 aromatic rings. The Morgan fingerprint density at radius 3 is 2.64 bits per heavy atom. The molecule has 0 unspecified atom stereocenters. The van der Waals surface area contributed by atoms with Crippen molar-refractivity contribution in [1.82, 2.24) is 5.43 Å². The van der Waals surface area contributed by atoms with E-state index in [0.717, 1.165) is 4.47 Å². The topological polar surface area (TPSA) is 50.7 Å². The number of halogens is 3. The SMILES string of the molecule is O=C(N/N=C\c1cc(Br)ccc1OCc1ccccc1F)c1ccc(Cl)cc1. The van der Waals surface area contributed by atoms with Crippen LogP contribution in [0.2, 0.25) is 5.02 Å². The first-order valence-electron chi connectivity index (χ1n) is 8.27. The summed E-state index contributed by atoms with van der Waals surface area (Å²) in [5.41, 5.74) is 3.97. The number of carbonyl (C=O) groups is 1. The van der Waals surface area contributed by atoms with Crippen molar-refractivity contribution in [2.75, 3.05) is 0 Å². The summed E-state index contributed by atoms with van der Waals surface area (Å²) in [5, 5.41) is 4.53. The number of nitrogens with zero attached hydrogens (tertiary/aromatic N) is 1. The van der Waals surface area contributed by atoms with Gasteiger partial charge >= 0.3 is 0 Å². The summed E-state index contributed by atoms with van der Waals surface area (Å²) >= 11 is 9.20. The van der Waals surface area contributed by atoms with Gasteiger partial charge in [-0.1, -0.05) is 45.7 Å². The van der Waals surface area contributed by atoms with Crippen LogP contribution in [0.4, 0.5) is 4.39 Å². The Balaban J connectivity index is 1.69. The van der Waals surface area contributed by atoms with Crippen molar-refractivity contribution in [3.05, 3.63) is 98.7 Å². The van der Waals surface area contributed by atoms with Crippen LogP contribution in [0.5, 0.6) is 5.75 Å². The predicted octanol–water partition coefficient (Wildman–Crippen LogP) is 5.58. The molecule has 0 saturated heterocycles. The molecule has 0 bridgehead atoms. The Kier molecular flexibility index (Phi) is 6.79. The van der Waals surface area contributed by atoms with E-state index in [0.29, 0.717) is 27.5 Å². The molecule has 0 aliphatic carbocycles. The molecule has 0 radical (unpaired) electrons. The van der Waals surface area contributed by atoms with Gasteiger partial charge in [0.05, 0.1) is 6.21 Å². The molecular weight excluding hydrogens is 447 g/mol. The largest absolute Gasteiger partial charge is 0.488 e. The molecule has 7 heteroatoms.